The summed E-state index contributed by atoms with van der Waals surface area (Å²) in [6, 6.07) is 15.7. The summed E-state index contributed by atoms with van der Waals surface area (Å²) in [7, 11) is 0. The van der Waals surface area contributed by atoms with Crippen LogP contribution >= 0.6 is 0 Å². The van der Waals surface area contributed by atoms with Gasteiger partial charge in [-0.25, -0.2) is 4.98 Å². The molecule has 1 aromatic carbocycles. The highest BCUT2D eigenvalue weighted by Gasteiger charge is 2.56. The number of rotatable bonds is 4. The number of aromatic amines is 1. The number of pyridine rings is 2. The van der Waals surface area contributed by atoms with Crippen molar-refractivity contribution >= 4 is 22.6 Å². The Bertz CT molecular complexity index is 1520. The van der Waals surface area contributed by atoms with Gasteiger partial charge < -0.3 is 20.1 Å². The van der Waals surface area contributed by atoms with Crippen LogP contribution in [0.5, 0.6) is 0 Å². The van der Waals surface area contributed by atoms with Crippen LogP contribution in [-0.4, -0.2) is 64.5 Å². The lowest BCUT2D eigenvalue weighted by molar-refractivity contribution is -0.144. The third-order valence-electron chi connectivity index (χ3n) is 8.86. The number of amides is 1. The van der Waals surface area contributed by atoms with Crippen molar-refractivity contribution in [1.82, 2.24) is 25.2 Å². The Labute approximate surface area is 223 Å². The zero-order chi connectivity index (χ0) is 26.0. The van der Waals surface area contributed by atoms with Crippen molar-refractivity contribution in [1.29, 1.82) is 0 Å². The summed E-state index contributed by atoms with van der Waals surface area (Å²) in [5.41, 5.74) is 8.90. The second-order valence-corrected chi connectivity index (χ2v) is 11.5. The fourth-order valence-corrected chi connectivity index (χ4v) is 6.76. The van der Waals surface area contributed by atoms with E-state index >= 15 is 0 Å². The Hall–Kier alpha value is -3.71. The maximum Gasteiger partial charge on any atom is 0.230 e. The van der Waals surface area contributed by atoms with Gasteiger partial charge >= 0.3 is 0 Å². The van der Waals surface area contributed by atoms with E-state index in [4.69, 9.17) is 4.98 Å². The molecule has 3 aromatic heterocycles. The van der Waals surface area contributed by atoms with Crippen LogP contribution in [0.2, 0.25) is 0 Å². The summed E-state index contributed by atoms with van der Waals surface area (Å²) in [5, 5.41) is 4.70. The smallest absolute Gasteiger partial charge is 0.230 e. The van der Waals surface area contributed by atoms with Gasteiger partial charge in [0.1, 0.15) is 5.82 Å². The van der Waals surface area contributed by atoms with Crippen molar-refractivity contribution < 1.29 is 4.79 Å². The van der Waals surface area contributed by atoms with Gasteiger partial charge in [0.15, 0.2) is 0 Å². The van der Waals surface area contributed by atoms with Crippen molar-refractivity contribution in [2.45, 2.75) is 39.7 Å². The van der Waals surface area contributed by atoms with Crippen molar-refractivity contribution in [2.24, 2.45) is 5.41 Å². The summed E-state index contributed by atoms with van der Waals surface area (Å²) in [4.78, 5) is 30.4. The molecule has 7 heteroatoms. The highest BCUT2D eigenvalue weighted by Crippen LogP contribution is 2.47. The lowest BCUT2D eigenvalue weighted by atomic mass is 9.69. The predicted molar refractivity (Wildman–Crippen MR) is 151 cm³/mol. The van der Waals surface area contributed by atoms with E-state index in [1.807, 2.05) is 20.0 Å². The largest absolute Gasteiger partial charge is 0.354 e. The molecule has 0 radical (unpaired) electrons. The van der Waals surface area contributed by atoms with Gasteiger partial charge in [0.25, 0.3) is 0 Å². The standard InChI is InChI=1S/C31H34N6O/c1-19-12-24(13-20(2)34-19)29-21(3)26-6-4-22(14-27(26)35-29)23-5-7-28(32-17-23)36-8-10-37(11-9-36)30(38)31-15-25(16-31)33-18-31/h4-7,12-14,17,25,33,35H,8-11,15-16,18H2,1-3H3. The number of hydrogen-bond donors (Lipinski definition) is 2. The monoisotopic (exact) mass is 506 g/mol. The van der Waals surface area contributed by atoms with E-state index in [-0.39, 0.29) is 5.41 Å². The van der Waals surface area contributed by atoms with Crippen LogP contribution in [0, 0.1) is 26.2 Å². The second kappa shape index (κ2) is 8.67. The molecule has 8 rings (SSSR count). The number of aryl methyl sites for hydroxylation is 3. The molecule has 1 amide bonds. The molecule has 0 unspecified atom stereocenters. The van der Waals surface area contributed by atoms with Gasteiger partial charge in [0.2, 0.25) is 5.91 Å². The third-order valence-corrected chi connectivity index (χ3v) is 8.86. The Morgan fingerprint density at radius 2 is 1.66 bits per heavy atom. The molecule has 0 spiro atoms. The van der Waals surface area contributed by atoms with Crippen molar-refractivity contribution in [3.63, 3.8) is 0 Å². The third kappa shape index (κ3) is 3.79. The molecular weight excluding hydrogens is 472 g/mol. The highest BCUT2D eigenvalue weighted by atomic mass is 16.2. The summed E-state index contributed by atoms with van der Waals surface area (Å²) in [5.74, 6) is 1.33. The number of carbonyl (C=O) groups is 1. The zero-order valence-electron chi connectivity index (χ0n) is 22.3. The van der Waals surface area contributed by atoms with Gasteiger partial charge in [-0.2, -0.15) is 0 Å². The molecule has 2 bridgehead atoms. The minimum absolute atomic E-state index is 0.109. The Kier molecular flexibility index (Phi) is 5.34. The maximum absolute atomic E-state index is 13.1. The molecule has 4 fully saturated rings. The number of H-pyrrole nitrogens is 1. The summed E-state index contributed by atoms with van der Waals surface area (Å²) in [6.45, 7) is 10.3. The number of hydrogen-bond acceptors (Lipinski definition) is 5. The van der Waals surface area contributed by atoms with Gasteiger partial charge in [0, 0.05) is 84.1 Å². The molecule has 3 saturated heterocycles. The van der Waals surface area contributed by atoms with E-state index in [1.54, 1.807) is 0 Å². The number of fused-ring (bicyclic) bond motifs is 2. The number of aromatic nitrogens is 3. The van der Waals surface area contributed by atoms with Crippen molar-refractivity contribution in [2.75, 3.05) is 37.6 Å². The SMILES string of the molecule is Cc1cc(-c2[nH]c3cc(-c4ccc(N5CCN(C(=O)C67CNC(C6)C7)CC5)nc4)ccc3c2C)cc(C)n1. The number of nitrogens with one attached hydrogen (secondary N) is 2. The lowest BCUT2D eigenvalue weighted by Gasteiger charge is -2.43. The maximum atomic E-state index is 13.1. The number of carbonyl (C=O) groups excluding carboxylic acids is 1. The van der Waals surface area contributed by atoms with Gasteiger partial charge in [0.05, 0.1) is 5.41 Å². The first-order valence-electron chi connectivity index (χ1n) is 13.7. The Morgan fingerprint density at radius 3 is 2.32 bits per heavy atom. The topological polar surface area (TPSA) is 77.2 Å². The molecule has 194 valence electrons. The van der Waals surface area contributed by atoms with E-state index in [0.717, 1.165) is 85.1 Å². The normalized spacial score (nSPS) is 22.7. The van der Waals surface area contributed by atoms with Crippen LogP contribution in [0.1, 0.15) is 29.8 Å². The number of nitrogens with zero attached hydrogens (tertiary/aromatic N) is 4. The molecular formula is C31H34N6O. The number of benzene rings is 1. The fourth-order valence-electron chi connectivity index (χ4n) is 6.76. The molecule has 3 aliphatic heterocycles. The first kappa shape index (κ1) is 23.4. The first-order chi connectivity index (χ1) is 18.4. The lowest BCUT2D eigenvalue weighted by Crippen LogP contribution is -2.55. The molecule has 1 saturated carbocycles. The molecule has 6 heterocycles. The fraction of sp³-hybridized carbons (Fsp3) is 0.387. The van der Waals surface area contributed by atoms with Crippen LogP contribution in [-0.2, 0) is 4.79 Å². The first-order valence-corrected chi connectivity index (χ1v) is 13.7. The quantitative estimate of drug-likeness (QED) is 0.423. The van der Waals surface area contributed by atoms with Gasteiger partial charge in [-0.15, -0.1) is 0 Å². The van der Waals surface area contributed by atoms with E-state index in [2.05, 4.69) is 74.5 Å². The second-order valence-electron chi connectivity index (χ2n) is 11.5. The van der Waals surface area contributed by atoms with Crippen LogP contribution in [0.3, 0.4) is 0 Å². The van der Waals surface area contributed by atoms with Crippen molar-refractivity contribution in [3.05, 3.63) is 65.6 Å². The van der Waals surface area contributed by atoms with Crippen molar-refractivity contribution in [3.8, 4) is 22.4 Å². The molecule has 1 aliphatic carbocycles. The van der Waals surface area contributed by atoms with Gasteiger partial charge in [-0.3, -0.25) is 9.78 Å². The average Bonchev–Trinajstić information content (AvgIpc) is 3.62. The van der Waals surface area contributed by atoms with Crippen LogP contribution in [0.15, 0.2) is 48.7 Å². The van der Waals surface area contributed by atoms with Crippen LogP contribution < -0.4 is 10.2 Å². The van der Waals surface area contributed by atoms with Crippen LogP contribution in [0.4, 0.5) is 5.82 Å². The van der Waals surface area contributed by atoms with Gasteiger partial charge in [-0.05, 0) is 75.1 Å². The van der Waals surface area contributed by atoms with E-state index < -0.39 is 0 Å². The molecule has 38 heavy (non-hydrogen) atoms. The van der Waals surface area contributed by atoms with E-state index in [0.29, 0.717) is 11.9 Å². The average molecular weight is 507 g/mol. The molecule has 4 aromatic rings. The molecule has 2 N–H and O–H groups in total. The number of anilines is 1. The predicted octanol–water partition coefficient (Wildman–Crippen LogP) is 4.62. The highest BCUT2D eigenvalue weighted by molar-refractivity contribution is 5.93. The number of piperazine rings is 1. The summed E-state index contributed by atoms with van der Waals surface area (Å²) in [6.07, 6.45) is 4.01. The Morgan fingerprint density at radius 1 is 0.921 bits per heavy atom. The van der Waals surface area contributed by atoms with E-state index in [9.17, 15) is 4.79 Å². The minimum atomic E-state index is -0.109. The van der Waals surface area contributed by atoms with E-state index in [1.165, 1.54) is 16.5 Å². The summed E-state index contributed by atoms with van der Waals surface area (Å²) < 4.78 is 0. The Balaban J connectivity index is 1.07. The molecule has 0 atom stereocenters. The zero-order valence-corrected chi connectivity index (χ0v) is 22.3. The minimum Gasteiger partial charge on any atom is -0.354 e. The van der Waals surface area contributed by atoms with Gasteiger partial charge in [-0.1, -0.05) is 12.1 Å². The van der Waals surface area contributed by atoms with Crippen LogP contribution in [0.25, 0.3) is 33.3 Å². The summed E-state index contributed by atoms with van der Waals surface area (Å²) >= 11 is 0. The molecule has 7 nitrogen and oxygen atoms in total. The molecule has 4 aliphatic rings.